The number of rotatable bonds is 6. The maximum atomic E-state index is 12.5. The molecule has 0 bridgehead atoms. The number of benzene rings is 1. The lowest BCUT2D eigenvalue weighted by molar-refractivity contribution is -0.119. The standard InChI is InChI=1S/C22H29N5O4/c1-13-17(30-2)10-15(11-18(13)31-3)20-19(21(23)29)22-24-7-4-16(27(22)25-20)14-5-8-26(12-28)9-6-14/h10-12,14,16,24H,4-9H2,1-3H3,(H2,23,29). The summed E-state index contributed by atoms with van der Waals surface area (Å²) in [6.45, 7) is 4.15. The highest BCUT2D eigenvalue weighted by molar-refractivity contribution is 6.04. The monoisotopic (exact) mass is 427 g/mol. The molecule has 0 saturated carbocycles. The van der Waals surface area contributed by atoms with Gasteiger partial charge in [-0.05, 0) is 44.2 Å². The zero-order chi connectivity index (χ0) is 22.1. The number of nitrogens with two attached hydrogens (primary N) is 1. The number of carbonyl (C=O) groups is 2. The summed E-state index contributed by atoms with van der Waals surface area (Å²) in [5.74, 6) is 1.82. The molecule has 0 aliphatic carbocycles. The van der Waals surface area contributed by atoms with E-state index in [1.807, 2.05) is 28.6 Å². The van der Waals surface area contributed by atoms with Crippen LogP contribution in [0.3, 0.4) is 0 Å². The number of aromatic nitrogens is 2. The number of amides is 2. The third-order valence-corrected chi connectivity index (χ3v) is 6.50. The minimum absolute atomic E-state index is 0.145. The van der Waals surface area contributed by atoms with Gasteiger partial charge in [-0.15, -0.1) is 0 Å². The number of piperidine rings is 1. The van der Waals surface area contributed by atoms with Crippen LogP contribution in [0.2, 0.25) is 0 Å². The van der Waals surface area contributed by atoms with E-state index in [-0.39, 0.29) is 6.04 Å². The summed E-state index contributed by atoms with van der Waals surface area (Å²) >= 11 is 0. The second kappa shape index (κ2) is 8.49. The Labute approximate surface area is 181 Å². The molecule has 3 heterocycles. The number of carbonyl (C=O) groups excluding carboxylic acids is 2. The highest BCUT2D eigenvalue weighted by Crippen LogP contribution is 2.41. The first-order valence-corrected chi connectivity index (χ1v) is 10.6. The number of likely N-dealkylation sites (tertiary alicyclic amines) is 1. The molecule has 2 aromatic rings. The fourth-order valence-electron chi connectivity index (χ4n) is 4.81. The summed E-state index contributed by atoms with van der Waals surface area (Å²) in [6, 6.07) is 3.86. The largest absolute Gasteiger partial charge is 0.496 e. The van der Waals surface area contributed by atoms with Crippen LogP contribution in [0.1, 0.15) is 41.2 Å². The Hall–Kier alpha value is -3.23. The van der Waals surface area contributed by atoms with Crippen molar-refractivity contribution < 1.29 is 19.1 Å². The maximum Gasteiger partial charge on any atom is 0.254 e. The van der Waals surface area contributed by atoms with Gasteiger partial charge in [-0.3, -0.25) is 9.59 Å². The molecule has 166 valence electrons. The molecule has 2 aliphatic rings. The molecule has 1 unspecified atom stereocenters. The fourth-order valence-corrected chi connectivity index (χ4v) is 4.81. The van der Waals surface area contributed by atoms with Crippen molar-refractivity contribution in [1.82, 2.24) is 14.7 Å². The Kier molecular flexibility index (Phi) is 5.75. The Morgan fingerprint density at radius 1 is 1.19 bits per heavy atom. The van der Waals surface area contributed by atoms with Crippen LogP contribution in [-0.2, 0) is 4.79 Å². The predicted molar refractivity (Wildman–Crippen MR) is 117 cm³/mol. The van der Waals surface area contributed by atoms with Gasteiger partial charge in [0.25, 0.3) is 5.91 Å². The van der Waals surface area contributed by atoms with Gasteiger partial charge in [0.15, 0.2) is 0 Å². The Balaban J connectivity index is 1.79. The van der Waals surface area contributed by atoms with Gasteiger partial charge >= 0.3 is 0 Å². The van der Waals surface area contributed by atoms with Gasteiger partial charge in [0.1, 0.15) is 28.6 Å². The summed E-state index contributed by atoms with van der Waals surface area (Å²) in [5.41, 5.74) is 8.29. The van der Waals surface area contributed by atoms with Crippen molar-refractivity contribution in [1.29, 1.82) is 0 Å². The molecule has 9 nitrogen and oxygen atoms in total. The molecule has 3 N–H and O–H groups in total. The summed E-state index contributed by atoms with van der Waals surface area (Å²) in [5, 5.41) is 8.21. The third-order valence-electron chi connectivity index (χ3n) is 6.50. The molecule has 0 spiro atoms. The number of anilines is 1. The van der Waals surface area contributed by atoms with Gasteiger partial charge in [-0.2, -0.15) is 5.10 Å². The van der Waals surface area contributed by atoms with Gasteiger partial charge in [0.05, 0.1) is 20.3 Å². The second-order valence-electron chi connectivity index (χ2n) is 8.15. The number of nitrogens with one attached hydrogen (secondary N) is 1. The van der Waals surface area contributed by atoms with E-state index in [1.54, 1.807) is 14.2 Å². The number of ether oxygens (including phenoxy) is 2. The van der Waals surface area contributed by atoms with Crippen LogP contribution >= 0.6 is 0 Å². The molecule has 2 amide bonds. The molecule has 1 atom stereocenters. The third kappa shape index (κ3) is 3.68. The summed E-state index contributed by atoms with van der Waals surface area (Å²) < 4.78 is 12.9. The minimum Gasteiger partial charge on any atom is -0.496 e. The predicted octanol–water partition coefficient (Wildman–Crippen LogP) is 2.20. The molecule has 1 saturated heterocycles. The smallest absolute Gasteiger partial charge is 0.254 e. The van der Waals surface area contributed by atoms with Crippen molar-refractivity contribution in [3.05, 3.63) is 23.3 Å². The van der Waals surface area contributed by atoms with E-state index >= 15 is 0 Å². The number of fused-ring (bicyclic) bond motifs is 1. The summed E-state index contributed by atoms with van der Waals surface area (Å²) in [4.78, 5) is 25.4. The number of nitrogens with zero attached hydrogens (tertiary/aromatic N) is 3. The van der Waals surface area contributed by atoms with Crippen molar-refractivity contribution in [2.45, 2.75) is 32.2 Å². The molecule has 1 fully saturated rings. The van der Waals surface area contributed by atoms with Crippen LogP contribution in [-0.4, -0.2) is 60.9 Å². The van der Waals surface area contributed by atoms with Crippen molar-refractivity contribution in [2.75, 3.05) is 39.2 Å². The van der Waals surface area contributed by atoms with Crippen LogP contribution in [0.4, 0.5) is 5.82 Å². The second-order valence-corrected chi connectivity index (χ2v) is 8.15. The maximum absolute atomic E-state index is 12.5. The lowest BCUT2D eigenvalue weighted by Crippen LogP contribution is -2.38. The first-order chi connectivity index (χ1) is 15.0. The van der Waals surface area contributed by atoms with E-state index in [2.05, 4.69) is 5.32 Å². The SMILES string of the molecule is COc1cc(-c2nn3c(c2C(N)=O)NCCC3C2CCN(C=O)CC2)cc(OC)c1C. The number of primary amides is 1. The van der Waals surface area contributed by atoms with Crippen molar-refractivity contribution >= 4 is 18.1 Å². The first-order valence-electron chi connectivity index (χ1n) is 10.6. The van der Waals surface area contributed by atoms with Crippen molar-refractivity contribution in [3.63, 3.8) is 0 Å². The van der Waals surface area contributed by atoms with Gasteiger partial charge in [0.2, 0.25) is 6.41 Å². The molecule has 1 aromatic carbocycles. The average Bonchev–Trinajstić information content (AvgIpc) is 3.19. The normalized spacial score (nSPS) is 18.8. The van der Waals surface area contributed by atoms with Crippen LogP contribution in [0.15, 0.2) is 12.1 Å². The van der Waals surface area contributed by atoms with E-state index in [1.165, 1.54) is 0 Å². The first kappa shape index (κ1) is 21.0. The van der Waals surface area contributed by atoms with Crippen molar-refractivity contribution in [3.8, 4) is 22.8 Å². The van der Waals surface area contributed by atoms with E-state index in [0.29, 0.717) is 40.1 Å². The van der Waals surface area contributed by atoms with Gasteiger partial charge in [-0.25, -0.2) is 4.68 Å². The highest BCUT2D eigenvalue weighted by Gasteiger charge is 2.35. The van der Waals surface area contributed by atoms with E-state index in [4.69, 9.17) is 20.3 Å². The zero-order valence-electron chi connectivity index (χ0n) is 18.2. The number of hydrogen-bond donors (Lipinski definition) is 2. The lowest BCUT2D eigenvalue weighted by Gasteiger charge is -2.37. The van der Waals surface area contributed by atoms with Crippen LogP contribution in [0, 0.1) is 12.8 Å². The lowest BCUT2D eigenvalue weighted by atomic mass is 9.87. The number of hydrogen-bond acceptors (Lipinski definition) is 6. The molecule has 0 radical (unpaired) electrons. The minimum atomic E-state index is -0.529. The van der Waals surface area contributed by atoms with Gasteiger partial charge < -0.3 is 25.4 Å². The van der Waals surface area contributed by atoms with Gasteiger partial charge in [-0.1, -0.05) is 0 Å². The summed E-state index contributed by atoms with van der Waals surface area (Å²) in [6.07, 6.45) is 3.64. The topological polar surface area (TPSA) is 112 Å². The Bertz CT molecular complexity index is 969. The quantitative estimate of drug-likeness (QED) is 0.684. The van der Waals surface area contributed by atoms with Crippen LogP contribution < -0.4 is 20.5 Å². The van der Waals surface area contributed by atoms with E-state index in [0.717, 1.165) is 50.9 Å². The number of methoxy groups -OCH3 is 2. The molecular weight excluding hydrogens is 398 g/mol. The zero-order valence-corrected chi connectivity index (χ0v) is 18.2. The van der Waals surface area contributed by atoms with Crippen molar-refractivity contribution in [2.24, 2.45) is 11.7 Å². The van der Waals surface area contributed by atoms with E-state index in [9.17, 15) is 9.59 Å². The van der Waals surface area contributed by atoms with Gasteiger partial charge in [0, 0.05) is 30.8 Å². The molecule has 1 aromatic heterocycles. The summed E-state index contributed by atoms with van der Waals surface area (Å²) in [7, 11) is 3.20. The van der Waals surface area contributed by atoms with E-state index < -0.39 is 5.91 Å². The fraction of sp³-hybridized carbons (Fsp3) is 0.500. The molecule has 9 heteroatoms. The molecule has 2 aliphatic heterocycles. The molecular formula is C22H29N5O4. The Morgan fingerprint density at radius 2 is 1.84 bits per heavy atom. The molecule has 4 rings (SSSR count). The average molecular weight is 428 g/mol. The molecule has 31 heavy (non-hydrogen) atoms. The van der Waals surface area contributed by atoms with Crippen LogP contribution in [0.25, 0.3) is 11.3 Å². The Morgan fingerprint density at radius 3 is 2.39 bits per heavy atom. The highest BCUT2D eigenvalue weighted by atomic mass is 16.5. The van der Waals surface area contributed by atoms with Crippen LogP contribution in [0.5, 0.6) is 11.5 Å².